The van der Waals surface area contributed by atoms with Gasteiger partial charge in [0.1, 0.15) is 5.82 Å². The van der Waals surface area contributed by atoms with Crippen molar-refractivity contribution < 1.29 is 9.84 Å². The first-order valence-electron chi connectivity index (χ1n) is 7.10. The van der Waals surface area contributed by atoms with Crippen LogP contribution in [0, 0.1) is 0 Å². The summed E-state index contributed by atoms with van der Waals surface area (Å²) < 4.78 is 5.40. The van der Waals surface area contributed by atoms with E-state index in [-0.39, 0.29) is 6.61 Å². The van der Waals surface area contributed by atoms with Crippen LogP contribution in [0.3, 0.4) is 0 Å². The van der Waals surface area contributed by atoms with Crippen molar-refractivity contribution in [2.45, 2.75) is 19.1 Å². The molecule has 1 aromatic heterocycles. The third kappa shape index (κ3) is 2.91. The number of hydrogen-bond donors (Lipinski definition) is 1. The molecule has 0 bridgehead atoms. The maximum atomic E-state index is 9.29. The Morgan fingerprint density at radius 3 is 2.90 bits per heavy atom. The van der Waals surface area contributed by atoms with Gasteiger partial charge in [0, 0.05) is 44.0 Å². The minimum atomic E-state index is -0.0465. The van der Waals surface area contributed by atoms with Crippen LogP contribution in [-0.2, 0) is 11.3 Å². The number of morpholine rings is 1. The third-order valence-corrected chi connectivity index (χ3v) is 4.48. The van der Waals surface area contributed by atoms with E-state index in [1.807, 2.05) is 6.07 Å². The number of hydrogen-bond acceptors (Lipinski definition) is 5. The van der Waals surface area contributed by atoms with E-state index in [0.29, 0.717) is 11.1 Å². The van der Waals surface area contributed by atoms with Gasteiger partial charge in [-0.3, -0.25) is 4.90 Å². The van der Waals surface area contributed by atoms with Crippen LogP contribution in [0.15, 0.2) is 12.3 Å². The maximum absolute atomic E-state index is 9.29. The van der Waals surface area contributed by atoms with Gasteiger partial charge >= 0.3 is 0 Å². The molecule has 0 spiro atoms. The molecule has 110 valence electrons. The third-order valence-electron chi connectivity index (χ3n) is 4.14. The first-order valence-corrected chi connectivity index (χ1v) is 7.48. The highest BCUT2D eigenvalue weighted by atomic mass is 35.5. The minimum absolute atomic E-state index is 0.0465. The van der Waals surface area contributed by atoms with Crippen molar-refractivity contribution >= 4 is 17.4 Å². The fourth-order valence-electron chi connectivity index (χ4n) is 2.95. The second-order valence-corrected chi connectivity index (χ2v) is 5.74. The molecule has 2 aliphatic heterocycles. The number of rotatable bonds is 3. The van der Waals surface area contributed by atoms with E-state index in [2.05, 4.69) is 14.8 Å². The van der Waals surface area contributed by atoms with Gasteiger partial charge in [0.2, 0.25) is 0 Å². The highest BCUT2D eigenvalue weighted by Gasteiger charge is 2.29. The topological polar surface area (TPSA) is 48.8 Å². The van der Waals surface area contributed by atoms with Gasteiger partial charge in [-0.05, 0) is 12.5 Å². The minimum Gasteiger partial charge on any atom is -0.392 e. The van der Waals surface area contributed by atoms with Crippen molar-refractivity contribution in [3.63, 3.8) is 0 Å². The van der Waals surface area contributed by atoms with E-state index >= 15 is 0 Å². The lowest BCUT2D eigenvalue weighted by atomic mass is 10.2. The summed E-state index contributed by atoms with van der Waals surface area (Å²) in [5, 5.41) is 9.82. The van der Waals surface area contributed by atoms with Gasteiger partial charge in [-0.1, -0.05) is 11.6 Å². The summed E-state index contributed by atoms with van der Waals surface area (Å²) in [5.74, 6) is 0.911. The van der Waals surface area contributed by atoms with Crippen molar-refractivity contribution in [1.82, 2.24) is 9.88 Å². The van der Waals surface area contributed by atoms with Gasteiger partial charge < -0.3 is 14.7 Å². The van der Waals surface area contributed by atoms with Crippen molar-refractivity contribution in [3.8, 4) is 0 Å². The second kappa shape index (κ2) is 6.26. The van der Waals surface area contributed by atoms with E-state index in [1.54, 1.807) is 6.20 Å². The summed E-state index contributed by atoms with van der Waals surface area (Å²) in [6.45, 7) is 5.66. The lowest BCUT2D eigenvalue weighted by Gasteiger charge is -2.32. The molecule has 3 rings (SSSR count). The number of aromatic nitrogens is 1. The summed E-state index contributed by atoms with van der Waals surface area (Å²) >= 11 is 5.99. The maximum Gasteiger partial charge on any atom is 0.128 e. The lowest BCUT2D eigenvalue weighted by Crippen LogP contribution is -2.44. The molecule has 0 saturated carbocycles. The molecule has 3 heterocycles. The predicted octanol–water partition coefficient (Wildman–Crippen LogP) is 1.14. The van der Waals surface area contributed by atoms with E-state index in [4.69, 9.17) is 16.3 Å². The fraction of sp³-hybridized carbons (Fsp3) is 0.643. The average molecular weight is 298 g/mol. The number of pyridine rings is 1. The van der Waals surface area contributed by atoms with E-state index < -0.39 is 0 Å². The number of nitrogens with zero attached hydrogens (tertiary/aromatic N) is 3. The SMILES string of the molecule is OCc1cc(N2CCC(N3CCOCC3)C2)ncc1Cl. The largest absolute Gasteiger partial charge is 0.392 e. The fourth-order valence-corrected chi connectivity index (χ4v) is 3.12. The van der Waals surface area contributed by atoms with Crippen molar-refractivity contribution in [2.24, 2.45) is 0 Å². The Hall–Kier alpha value is -0.880. The number of anilines is 1. The molecule has 2 saturated heterocycles. The van der Waals surface area contributed by atoms with Crippen molar-refractivity contribution in [2.75, 3.05) is 44.3 Å². The Morgan fingerprint density at radius 1 is 1.35 bits per heavy atom. The molecule has 6 heteroatoms. The summed E-state index contributed by atoms with van der Waals surface area (Å²) in [5.41, 5.74) is 0.742. The summed E-state index contributed by atoms with van der Waals surface area (Å²) in [6, 6.07) is 2.47. The zero-order chi connectivity index (χ0) is 13.9. The van der Waals surface area contributed by atoms with Gasteiger partial charge in [0.05, 0.1) is 24.8 Å². The molecule has 1 N–H and O–H groups in total. The summed E-state index contributed by atoms with van der Waals surface area (Å²) in [7, 11) is 0. The normalized spacial score (nSPS) is 24.3. The molecular formula is C14H20ClN3O2. The molecule has 1 unspecified atom stereocenters. The second-order valence-electron chi connectivity index (χ2n) is 5.33. The molecule has 2 aliphatic rings. The molecular weight excluding hydrogens is 278 g/mol. The zero-order valence-electron chi connectivity index (χ0n) is 11.5. The van der Waals surface area contributed by atoms with Gasteiger partial charge in [-0.2, -0.15) is 0 Å². The van der Waals surface area contributed by atoms with Gasteiger partial charge in [0.25, 0.3) is 0 Å². The lowest BCUT2D eigenvalue weighted by molar-refractivity contribution is 0.0209. The molecule has 2 fully saturated rings. The number of ether oxygens (including phenoxy) is 1. The van der Waals surface area contributed by atoms with Crippen LogP contribution in [0.1, 0.15) is 12.0 Å². The number of aliphatic hydroxyl groups is 1. The van der Waals surface area contributed by atoms with Crippen LogP contribution in [-0.4, -0.2) is 60.4 Å². The van der Waals surface area contributed by atoms with Crippen LogP contribution in [0.25, 0.3) is 0 Å². The van der Waals surface area contributed by atoms with Crippen LogP contribution < -0.4 is 4.90 Å². The van der Waals surface area contributed by atoms with Gasteiger partial charge in [-0.25, -0.2) is 4.98 Å². The molecule has 0 aliphatic carbocycles. The standard InChI is InChI=1S/C14H20ClN3O2/c15-13-8-16-14(7-11(13)10-19)18-2-1-12(9-18)17-3-5-20-6-4-17/h7-8,12,19H,1-6,9-10H2. The van der Waals surface area contributed by atoms with Gasteiger partial charge in [-0.15, -0.1) is 0 Å². The molecule has 0 amide bonds. The Labute approximate surface area is 124 Å². The Morgan fingerprint density at radius 2 is 2.15 bits per heavy atom. The molecule has 0 radical (unpaired) electrons. The molecule has 20 heavy (non-hydrogen) atoms. The van der Waals surface area contributed by atoms with Crippen LogP contribution in [0.2, 0.25) is 5.02 Å². The van der Waals surface area contributed by atoms with E-state index in [9.17, 15) is 5.11 Å². The smallest absolute Gasteiger partial charge is 0.128 e. The Kier molecular flexibility index (Phi) is 4.41. The molecule has 5 nitrogen and oxygen atoms in total. The predicted molar refractivity (Wildman–Crippen MR) is 78.2 cm³/mol. The first-order chi connectivity index (χ1) is 9.78. The van der Waals surface area contributed by atoms with Crippen molar-refractivity contribution in [1.29, 1.82) is 0 Å². The van der Waals surface area contributed by atoms with Crippen molar-refractivity contribution in [3.05, 3.63) is 22.8 Å². The highest BCUT2D eigenvalue weighted by molar-refractivity contribution is 6.31. The highest BCUT2D eigenvalue weighted by Crippen LogP contribution is 2.25. The molecule has 0 aromatic carbocycles. The Balaban J connectivity index is 1.67. The number of halogens is 1. The van der Waals surface area contributed by atoms with Crippen LogP contribution in [0.5, 0.6) is 0 Å². The Bertz CT molecular complexity index is 466. The molecule has 1 atom stereocenters. The van der Waals surface area contributed by atoms with Gasteiger partial charge in [0.15, 0.2) is 0 Å². The summed E-state index contributed by atoms with van der Waals surface area (Å²) in [4.78, 5) is 9.17. The van der Waals surface area contributed by atoms with Crippen LogP contribution in [0.4, 0.5) is 5.82 Å². The molecule has 1 aromatic rings. The average Bonchev–Trinajstić information content (AvgIpc) is 2.98. The first kappa shape index (κ1) is 14.1. The van der Waals surface area contributed by atoms with Crippen LogP contribution >= 0.6 is 11.6 Å². The quantitative estimate of drug-likeness (QED) is 0.907. The monoisotopic (exact) mass is 297 g/mol. The summed E-state index contributed by atoms with van der Waals surface area (Å²) in [6.07, 6.45) is 2.78. The number of aliphatic hydroxyl groups excluding tert-OH is 1. The van der Waals surface area contributed by atoms with E-state index in [0.717, 1.165) is 57.2 Å². The van der Waals surface area contributed by atoms with E-state index in [1.165, 1.54) is 0 Å². The zero-order valence-corrected chi connectivity index (χ0v) is 12.2.